The molecule has 0 aliphatic rings. The van der Waals surface area contributed by atoms with Gasteiger partial charge in [-0.3, -0.25) is 14.6 Å². The number of rotatable bonds is 4. The molecule has 1 amide bonds. The summed E-state index contributed by atoms with van der Waals surface area (Å²) in [6.45, 7) is 1.70. The number of hydrogen-bond donors (Lipinski definition) is 1. The Kier molecular flexibility index (Phi) is 3.78. The number of methoxy groups -OCH3 is 1. The Hall–Kier alpha value is -1.98. The molecule has 0 radical (unpaired) electrons. The van der Waals surface area contributed by atoms with Crippen molar-refractivity contribution in [1.82, 2.24) is 10.5 Å². The van der Waals surface area contributed by atoms with Crippen LogP contribution in [0.4, 0.5) is 0 Å². The Labute approximate surface area is 111 Å². The van der Waals surface area contributed by atoms with Crippen LogP contribution in [0, 0.1) is 0 Å². The zero-order chi connectivity index (χ0) is 13.9. The molecule has 5 nitrogen and oxygen atoms in total. The second kappa shape index (κ2) is 5.34. The van der Waals surface area contributed by atoms with E-state index < -0.39 is 5.60 Å². The molecule has 0 bridgehead atoms. The van der Waals surface area contributed by atoms with E-state index in [2.05, 4.69) is 10.5 Å². The standard InChI is InChI=1S/C14H16N2O3/c1-14(18-2,13(17)16-19-3)11-7-4-8-12-10(11)6-5-9-15-12/h4-9H,1-3H3,(H,16,17). The topological polar surface area (TPSA) is 60.5 Å². The van der Waals surface area contributed by atoms with E-state index in [1.165, 1.54) is 14.2 Å². The SMILES string of the molecule is CONC(=O)C(C)(OC)c1cccc2ncccc12. The van der Waals surface area contributed by atoms with Crippen LogP contribution in [0.2, 0.25) is 0 Å². The number of hydroxylamine groups is 1. The van der Waals surface area contributed by atoms with Gasteiger partial charge in [-0.15, -0.1) is 0 Å². The van der Waals surface area contributed by atoms with E-state index in [-0.39, 0.29) is 5.91 Å². The monoisotopic (exact) mass is 260 g/mol. The predicted octanol–water partition coefficient (Wildman–Crippen LogP) is 1.77. The molecule has 19 heavy (non-hydrogen) atoms. The van der Waals surface area contributed by atoms with Crippen LogP contribution in [0.25, 0.3) is 10.9 Å². The fourth-order valence-electron chi connectivity index (χ4n) is 2.03. The molecule has 0 saturated carbocycles. The molecule has 0 fully saturated rings. The fourth-order valence-corrected chi connectivity index (χ4v) is 2.03. The van der Waals surface area contributed by atoms with Gasteiger partial charge in [0.2, 0.25) is 0 Å². The average Bonchev–Trinajstić information content (AvgIpc) is 2.46. The molecule has 0 aliphatic heterocycles. The maximum atomic E-state index is 12.2. The number of nitrogens with one attached hydrogen (secondary N) is 1. The number of pyridine rings is 1. The van der Waals surface area contributed by atoms with Crippen LogP contribution in [0.3, 0.4) is 0 Å². The highest BCUT2D eigenvalue weighted by atomic mass is 16.6. The van der Waals surface area contributed by atoms with Crippen molar-refractivity contribution in [3.05, 3.63) is 42.1 Å². The molecule has 100 valence electrons. The Balaban J connectivity index is 2.61. The maximum Gasteiger partial charge on any atom is 0.280 e. The second-order valence-corrected chi connectivity index (χ2v) is 4.25. The number of amides is 1. The Morgan fingerprint density at radius 1 is 1.26 bits per heavy atom. The molecule has 1 unspecified atom stereocenters. The number of nitrogens with zero attached hydrogens (tertiary/aromatic N) is 1. The van der Waals surface area contributed by atoms with Gasteiger partial charge in [-0.2, -0.15) is 0 Å². The van der Waals surface area contributed by atoms with Gasteiger partial charge >= 0.3 is 0 Å². The van der Waals surface area contributed by atoms with Crippen LogP contribution in [0.15, 0.2) is 36.5 Å². The van der Waals surface area contributed by atoms with Crippen molar-refractivity contribution < 1.29 is 14.4 Å². The number of carbonyl (C=O) groups is 1. The van der Waals surface area contributed by atoms with E-state index in [9.17, 15) is 4.79 Å². The van der Waals surface area contributed by atoms with E-state index >= 15 is 0 Å². The third-order valence-electron chi connectivity index (χ3n) is 3.20. The van der Waals surface area contributed by atoms with Crippen LogP contribution >= 0.6 is 0 Å². The number of ether oxygens (including phenoxy) is 1. The highest BCUT2D eigenvalue weighted by Crippen LogP contribution is 2.30. The molecule has 0 saturated heterocycles. The molecule has 1 aromatic heterocycles. The normalized spacial score (nSPS) is 14.1. The van der Waals surface area contributed by atoms with Gasteiger partial charge < -0.3 is 4.74 Å². The van der Waals surface area contributed by atoms with Gasteiger partial charge in [-0.25, -0.2) is 5.48 Å². The van der Waals surface area contributed by atoms with Gasteiger partial charge in [0.05, 0.1) is 12.6 Å². The molecule has 0 spiro atoms. The number of carbonyl (C=O) groups excluding carboxylic acids is 1. The van der Waals surface area contributed by atoms with Crippen molar-refractivity contribution in [3.8, 4) is 0 Å². The Morgan fingerprint density at radius 2 is 2.05 bits per heavy atom. The van der Waals surface area contributed by atoms with E-state index in [4.69, 9.17) is 9.57 Å². The predicted molar refractivity (Wildman–Crippen MR) is 71.3 cm³/mol. The first-order valence-electron chi connectivity index (χ1n) is 5.86. The van der Waals surface area contributed by atoms with Crippen LogP contribution in [-0.4, -0.2) is 25.1 Å². The minimum atomic E-state index is -1.14. The van der Waals surface area contributed by atoms with E-state index in [1.807, 2.05) is 30.3 Å². The van der Waals surface area contributed by atoms with Gasteiger partial charge in [0.25, 0.3) is 5.91 Å². The van der Waals surface area contributed by atoms with Gasteiger partial charge in [0.1, 0.15) is 0 Å². The van der Waals surface area contributed by atoms with E-state index in [0.29, 0.717) is 0 Å². The smallest absolute Gasteiger partial charge is 0.280 e. The quantitative estimate of drug-likeness (QED) is 0.851. The highest BCUT2D eigenvalue weighted by molar-refractivity contribution is 5.92. The third-order valence-corrected chi connectivity index (χ3v) is 3.20. The van der Waals surface area contributed by atoms with Crippen molar-refractivity contribution in [1.29, 1.82) is 0 Å². The summed E-state index contributed by atoms with van der Waals surface area (Å²) in [4.78, 5) is 21.1. The minimum absolute atomic E-state index is 0.367. The van der Waals surface area contributed by atoms with Crippen LogP contribution < -0.4 is 5.48 Å². The molecule has 1 aromatic carbocycles. The summed E-state index contributed by atoms with van der Waals surface area (Å²) < 4.78 is 5.43. The summed E-state index contributed by atoms with van der Waals surface area (Å²) in [7, 11) is 2.88. The summed E-state index contributed by atoms with van der Waals surface area (Å²) in [6.07, 6.45) is 1.71. The van der Waals surface area contributed by atoms with Crippen molar-refractivity contribution >= 4 is 16.8 Å². The largest absolute Gasteiger partial charge is 0.364 e. The minimum Gasteiger partial charge on any atom is -0.364 e. The lowest BCUT2D eigenvalue weighted by Crippen LogP contribution is -2.43. The molecule has 1 heterocycles. The molecule has 2 rings (SSSR count). The summed E-state index contributed by atoms with van der Waals surface area (Å²) in [5, 5.41) is 0.876. The highest BCUT2D eigenvalue weighted by Gasteiger charge is 2.36. The van der Waals surface area contributed by atoms with Crippen molar-refractivity contribution in [3.63, 3.8) is 0 Å². The second-order valence-electron chi connectivity index (χ2n) is 4.25. The first-order valence-corrected chi connectivity index (χ1v) is 5.86. The van der Waals surface area contributed by atoms with Crippen molar-refractivity contribution in [2.24, 2.45) is 0 Å². The van der Waals surface area contributed by atoms with Crippen molar-refractivity contribution in [2.45, 2.75) is 12.5 Å². The fraction of sp³-hybridized carbons (Fsp3) is 0.286. The lowest BCUT2D eigenvalue weighted by atomic mass is 9.91. The Bertz CT molecular complexity index is 595. The first-order chi connectivity index (χ1) is 9.13. The van der Waals surface area contributed by atoms with Gasteiger partial charge in [0.15, 0.2) is 5.60 Å². The third kappa shape index (κ3) is 2.30. The summed E-state index contributed by atoms with van der Waals surface area (Å²) >= 11 is 0. The number of hydrogen-bond acceptors (Lipinski definition) is 4. The first kappa shape index (κ1) is 13.5. The van der Waals surface area contributed by atoms with Crippen LogP contribution in [0.5, 0.6) is 0 Å². The van der Waals surface area contributed by atoms with Gasteiger partial charge in [-0.05, 0) is 19.1 Å². The van der Waals surface area contributed by atoms with E-state index in [0.717, 1.165) is 16.5 Å². The molecule has 2 aromatic rings. The summed E-state index contributed by atoms with van der Waals surface area (Å²) in [6, 6.07) is 9.33. The van der Waals surface area contributed by atoms with Crippen LogP contribution in [0.1, 0.15) is 12.5 Å². The lowest BCUT2D eigenvalue weighted by molar-refractivity contribution is -0.153. The number of fused-ring (bicyclic) bond motifs is 1. The summed E-state index contributed by atoms with van der Waals surface area (Å²) in [5.41, 5.74) is 2.73. The molecule has 1 N–H and O–H groups in total. The molecular formula is C14H16N2O3. The summed E-state index contributed by atoms with van der Waals surface area (Å²) in [5.74, 6) is -0.367. The van der Waals surface area contributed by atoms with Gasteiger partial charge in [0, 0.05) is 24.3 Å². The lowest BCUT2D eigenvalue weighted by Gasteiger charge is -2.27. The number of aromatic nitrogens is 1. The molecule has 0 aliphatic carbocycles. The number of benzene rings is 1. The van der Waals surface area contributed by atoms with Crippen molar-refractivity contribution in [2.75, 3.05) is 14.2 Å². The van der Waals surface area contributed by atoms with Gasteiger partial charge in [-0.1, -0.05) is 18.2 Å². The Morgan fingerprint density at radius 3 is 2.74 bits per heavy atom. The van der Waals surface area contributed by atoms with Crippen LogP contribution in [-0.2, 0) is 20.0 Å². The van der Waals surface area contributed by atoms with E-state index in [1.54, 1.807) is 13.1 Å². The molecule has 1 atom stereocenters. The zero-order valence-corrected chi connectivity index (χ0v) is 11.1. The zero-order valence-electron chi connectivity index (χ0n) is 11.1. The average molecular weight is 260 g/mol. The molecular weight excluding hydrogens is 244 g/mol. The maximum absolute atomic E-state index is 12.2. The molecule has 5 heteroatoms.